The van der Waals surface area contributed by atoms with Crippen LogP contribution in [0.3, 0.4) is 0 Å². The molecule has 0 bridgehead atoms. The van der Waals surface area contributed by atoms with E-state index in [1.54, 1.807) is 50.2 Å². The summed E-state index contributed by atoms with van der Waals surface area (Å²) < 4.78 is 4.98. The van der Waals surface area contributed by atoms with E-state index in [0.717, 1.165) is 16.9 Å². The van der Waals surface area contributed by atoms with Crippen molar-refractivity contribution in [3.05, 3.63) is 81.9 Å². The van der Waals surface area contributed by atoms with Gasteiger partial charge in [-0.3, -0.25) is 14.9 Å². The van der Waals surface area contributed by atoms with E-state index in [9.17, 15) is 14.4 Å². The second-order valence-corrected chi connectivity index (χ2v) is 7.35. The van der Waals surface area contributed by atoms with Crippen molar-refractivity contribution in [3.63, 3.8) is 0 Å². The van der Waals surface area contributed by atoms with E-state index in [0.29, 0.717) is 33.4 Å². The lowest BCUT2D eigenvalue weighted by atomic mass is 10.1. The predicted molar refractivity (Wildman–Crippen MR) is 115 cm³/mol. The highest BCUT2D eigenvalue weighted by atomic mass is 32.1. The fraction of sp³-hybridized carbons (Fsp3) is 0.182. The molecule has 2 N–H and O–H groups in total. The summed E-state index contributed by atoms with van der Waals surface area (Å²) in [6.45, 7) is 4.05. The lowest BCUT2D eigenvalue weighted by Crippen LogP contribution is -2.22. The standard InChI is InChI=1S/C22H21N3O4S/c1-3-29-21(28)18-14(2)24-22(30-18)25-20(27)17-11-9-15(10-12-17)13-23-19(26)16-7-5-4-6-8-16/h4-12H,3,13H2,1-2H3,(H,23,26)(H,24,25,27). The molecule has 0 aliphatic rings. The highest BCUT2D eigenvalue weighted by Crippen LogP contribution is 2.24. The Kier molecular flexibility index (Phi) is 6.92. The van der Waals surface area contributed by atoms with Crippen molar-refractivity contribution in [2.45, 2.75) is 20.4 Å². The van der Waals surface area contributed by atoms with E-state index in [2.05, 4.69) is 15.6 Å². The number of esters is 1. The first-order valence-electron chi connectivity index (χ1n) is 9.36. The molecule has 2 aromatic carbocycles. The molecule has 0 spiro atoms. The van der Waals surface area contributed by atoms with Gasteiger partial charge < -0.3 is 10.1 Å². The Labute approximate surface area is 178 Å². The SMILES string of the molecule is CCOC(=O)c1sc(NC(=O)c2ccc(CNC(=O)c3ccccc3)cc2)nc1C. The Bertz CT molecular complexity index is 1050. The third-order valence-corrected chi connectivity index (χ3v) is 5.24. The van der Waals surface area contributed by atoms with Crippen molar-refractivity contribution >= 4 is 34.3 Å². The van der Waals surface area contributed by atoms with Crippen LogP contribution in [0.4, 0.5) is 5.13 Å². The van der Waals surface area contributed by atoms with Crippen LogP contribution in [-0.2, 0) is 11.3 Å². The van der Waals surface area contributed by atoms with Crippen molar-refractivity contribution < 1.29 is 19.1 Å². The minimum absolute atomic E-state index is 0.158. The van der Waals surface area contributed by atoms with Gasteiger partial charge in [-0.15, -0.1) is 0 Å². The van der Waals surface area contributed by atoms with E-state index in [1.807, 2.05) is 18.2 Å². The zero-order valence-electron chi connectivity index (χ0n) is 16.6. The van der Waals surface area contributed by atoms with Crippen molar-refractivity contribution in [3.8, 4) is 0 Å². The number of nitrogens with one attached hydrogen (secondary N) is 2. The van der Waals surface area contributed by atoms with Crippen LogP contribution in [0, 0.1) is 6.92 Å². The molecule has 0 atom stereocenters. The summed E-state index contributed by atoms with van der Waals surface area (Å²) >= 11 is 1.08. The number of carbonyl (C=O) groups excluding carboxylic acids is 3. The molecule has 2 amide bonds. The summed E-state index contributed by atoms with van der Waals surface area (Å²) in [6.07, 6.45) is 0. The number of hydrogen-bond acceptors (Lipinski definition) is 6. The molecular weight excluding hydrogens is 402 g/mol. The summed E-state index contributed by atoms with van der Waals surface area (Å²) in [7, 11) is 0. The van der Waals surface area contributed by atoms with Gasteiger partial charge in [0.25, 0.3) is 11.8 Å². The predicted octanol–water partition coefficient (Wildman–Crippen LogP) is 3.81. The average Bonchev–Trinajstić information content (AvgIpc) is 3.13. The number of carbonyl (C=O) groups is 3. The van der Waals surface area contributed by atoms with Crippen LogP contribution in [0.1, 0.15) is 48.6 Å². The molecule has 0 saturated carbocycles. The van der Waals surface area contributed by atoms with Crippen LogP contribution < -0.4 is 10.6 Å². The van der Waals surface area contributed by atoms with Crippen molar-refractivity contribution in [2.75, 3.05) is 11.9 Å². The molecule has 0 aliphatic heterocycles. The minimum atomic E-state index is -0.449. The summed E-state index contributed by atoms with van der Waals surface area (Å²) in [6, 6.07) is 15.9. The second-order valence-electron chi connectivity index (χ2n) is 6.35. The zero-order valence-corrected chi connectivity index (χ0v) is 17.4. The van der Waals surface area contributed by atoms with E-state index in [1.165, 1.54) is 0 Å². The van der Waals surface area contributed by atoms with Crippen LogP contribution in [-0.4, -0.2) is 29.4 Å². The summed E-state index contributed by atoms with van der Waals surface area (Å²) in [5.74, 6) is -0.942. The van der Waals surface area contributed by atoms with Gasteiger partial charge in [-0.1, -0.05) is 41.7 Å². The number of nitrogens with zero attached hydrogens (tertiary/aromatic N) is 1. The quantitative estimate of drug-likeness (QED) is 0.563. The molecule has 0 saturated heterocycles. The maximum Gasteiger partial charge on any atom is 0.350 e. The van der Waals surface area contributed by atoms with E-state index in [-0.39, 0.29) is 18.4 Å². The molecule has 1 heterocycles. The van der Waals surface area contributed by atoms with Crippen LogP contribution in [0.25, 0.3) is 0 Å². The number of amides is 2. The van der Waals surface area contributed by atoms with Crippen LogP contribution in [0.2, 0.25) is 0 Å². The summed E-state index contributed by atoms with van der Waals surface area (Å²) in [5, 5.41) is 5.87. The zero-order chi connectivity index (χ0) is 21.5. The van der Waals surface area contributed by atoms with Gasteiger partial charge in [0.1, 0.15) is 4.88 Å². The maximum absolute atomic E-state index is 12.5. The first kappa shape index (κ1) is 21.2. The Hall–Kier alpha value is -3.52. The topological polar surface area (TPSA) is 97.4 Å². The van der Waals surface area contributed by atoms with Crippen LogP contribution in [0.5, 0.6) is 0 Å². The largest absolute Gasteiger partial charge is 0.462 e. The van der Waals surface area contributed by atoms with Gasteiger partial charge in [0.05, 0.1) is 12.3 Å². The second kappa shape index (κ2) is 9.80. The van der Waals surface area contributed by atoms with Gasteiger partial charge in [-0.25, -0.2) is 9.78 Å². The highest BCUT2D eigenvalue weighted by molar-refractivity contribution is 7.17. The molecule has 0 radical (unpaired) electrons. The van der Waals surface area contributed by atoms with E-state index < -0.39 is 5.97 Å². The molecule has 1 aromatic heterocycles. The first-order chi connectivity index (χ1) is 14.5. The number of aromatic nitrogens is 1. The Morgan fingerprint density at radius 3 is 2.30 bits per heavy atom. The van der Waals surface area contributed by atoms with Gasteiger partial charge >= 0.3 is 5.97 Å². The minimum Gasteiger partial charge on any atom is -0.462 e. The number of thiazole rings is 1. The molecule has 0 aliphatic carbocycles. The Morgan fingerprint density at radius 1 is 0.967 bits per heavy atom. The molecule has 154 valence electrons. The summed E-state index contributed by atoms with van der Waals surface area (Å²) in [5.41, 5.74) is 2.41. The van der Waals surface area contributed by atoms with Gasteiger partial charge in [-0.05, 0) is 43.7 Å². The van der Waals surface area contributed by atoms with E-state index in [4.69, 9.17) is 4.74 Å². The van der Waals surface area contributed by atoms with Crippen molar-refractivity contribution in [1.29, 1.82) is 0 Å². The molecule has 8 heteroatoms. The van der Waals surface area contributed by atoms with Crippen molar-refractivity contribution in [2.24, 2.45) is 0 Å². The van der Waals surface area contributed by atoms with Crippen molar-refractivity contribution in [1.82, 2.24) is 10.3 Å². The maximum atomic E-state index is 12.5. The van der Waals surface area contributed by atoms with Gasteiger partial charge in [-0.2, -0.15) is 0 Å². The lowest BCUT2D eigenvalue weighted by molar-refractivity contribution is 0.0530. The van der Waals surface area contributed by atoms with Crippen LogP contribution in [0.15, 0.2) is 54.6 Å². The van der Waals surface area contributed by atoms with Gasteiger partial charge in [0.15, 0.2) is 5.13 Å². The number of anilines is 1. The fourth-order valence-electron chi connectivity index (χ4n) is 2.65. The first-order valence-corrected chi connectivity index (χ1v) is 10.2. The molecule has 3 rings (SSSR count). The molecule has 3 aromatic rings. The van der Waals surface area contributed by atoms with Crippen LogP contribution >= 0.6 is 11.3 Å². The number of rotatable bonds is 7. The number of aryl methyl sites for hydroxylation is 1. The normalized spacial score (nSPS) is 10.3. The van der Waals surface area contributed by atoms with E-state index >= 15 is 0 Å². The molecule has 30 heavy (non-hydrogen) atoms. The third kappa shape index (κ3) is 5.30. The molecular formula is C22H21N3O4S. The number of benzene rings is 2. The van der Waals surface area contributed by atoms with Gasteiger partial charge in [0, 0.05) is 17.7 Å². The highest BCUT2D eigenvalue weighted by Gasteiger charge is 2.18. The number of hydrogen-bond donors (Lipinski definition) is 2. The fourth-order valence-corrected chi connectivity index (χ4v) is 3.51. The molecule has 0 fully saturated rings. The average molecular weight is 423 g/mol. The molecule has 0 unspecified atom stereocenters. The smallest absolute Gasteiger partial charge is 0.350 e. The lowest BCUT2D eigenvalue weighted by Gasteiger charge is -2.07. The molecule has 7 nitrogen and oxygen atoms in total. The Balaban J connectivity index is 1.58. The third-order valence-electron chi connectivity index (χ3n) is 4.18. The van der Waals surface area contributed by atoms with Gasteiger partial charge in [0.2, 0.25) is 0 Å². The Morgan fingerprint density at radius 2 is 1.63 bits per heavy atom. The summed E-state index contributed by atoms with van der Waals surface area (Å²) in [4.78, 5) is 41.0. The monoisotopic (exact) mass is 423 g/mol. The number of ether oxygens (including phenoxy) is 1.